The number of aryl methyl sites for hydroxylation is 1. The van der Waals surface area contributed by atoms with Gasteiger partial charge in [0, 0.05) is 46.3 Å². The Morgan fingerprint density at radius 1 is 1.11 bits per heavy atom. The molecule has 0 spiro atoms. The van der Waals surface area contributed by atoms with Crippen LogP contribution in [0.1, 0.15) is 27.2 Å². The number of likely N-dealkylation sites (tertiary alicyclic amines) is 1. The Morgan fingerprint density at radius 2 is 1.79 bits per heavy atom. The number of anilines is 1. The van der Waals surface area contributed by atoms with Crippen LogP contribution in [-0.4, -0.2) is 80.8 Å². The number of amides is 1. The summed E-state index contributed by atoms with van der Waals surface area (Å²) in [6, 6.07) is -0.0662. The molecule has 2 aromatic heterocycles. The summed E-state index contributed by atoms with van der Waals surface area (Å²) >= 11 is 0. The number of nitrogens with zero attached hydrogens (tertiary/aromatic N) is 7. The van der Waals surface area contributed by atoms with E-state index in [4.69, 9.17) is 0 Å². The number of piperazine rings is 1. The highest BCUT2D eigenvalue weighted by Crippen LogP contribution is 2.25. The Hall–Kier alpha value is -2.22. The summed E-state index contributed by atoms with van der Waals surface area (Å²) < 4.78 is 1.78. The SMILES string of the molecule is CC1CC(C)CN(C(=O)C(C)N2CCN(c3ncnc4c3cnn4C)CC2)C1. The van der Waals surface area contributed by atoms with Crippen molar-refractivity contribution in [2.75, 3.05) is 44.2 Å². The van der Waals surface area contributed by atoms with Crippen LogP contribution in [0.15, 0.2) is 12.5 Å². The molecule has 3 atom stereocenters. The topological polar surface area (TPSA) is 70.4 Å². The van der Waals surface area contributed by atoms with E-state index in [1.165, 1.54) is 6.42 Å². The highest BCUT2D eigenvalue weighted by atomic mass is 16.2. The van der Waals surface area contributed by atoms with Crippen LogP contribution in [-0.2, 0) is 11.8 Å². The van der Waals surface area contributed by atoms with Gasteiger partial charge in [-0.05, 0) is 25.2 Å². The number of hydrogen-bond acceptors (Lipinski definition) is 6. The number of carbonyl (C=O) groups is 1. The number of carbonyl (C=O) groups excluding carboxylic acids is 1. The van der Waals surface area contributed by atoms with Crippen molar-refractivity contribution in [2.24, 2.45) is 18.9 Å². The number of fused-ring (bicyclic) bond motifs is 1. The van der Waals surface area contributed by atoms with E-state index in [2.05, 4.69) is 50.5 Å². The van der Waals surface area contributed by atoms with Crippen molar-refractivity contribution in [2.45, 2.75) is 33.2 Å². The molecule has 2 aliphatic rings. The molecule has 2 aliphatic heterocycles. The van der Waals surface area contributed by atoms with Crippen LogP contribution in [0, 0.1) is 11.8 Å². The molecule has 0 N–H and O–H groups in total. The average molecular weight is 386 g/mol. The van der Waals surface area contributed by atoms with E-state index in [0.717, 1.165) is 56.1 Å². The van der Waals surface area contributed by atoms with Gasteiger partial charge in [0.2, 0.25) is 5.91 Å². The maximum absolute atomic E-state index is 13.1. The summed E-state index contributed by atoms with van der Waals surface area (Å²) in [7, 11) is 1.90. The summed E-state index contributed by atoms with van der Waals surface area (Å²) in [6.07, 6.45) is 4.66. The second kappa shape index (κ2) is 7.66. The fraction of sp³-hybridized carbons (Fsp3) is 0.700. The van der Waals surface area contributed by atoms with E-state index in [-0.39, 0.29) is 11.9 Å². The smallest absolute Gasteiger partial charge is 0.239 e. The maximum atomic E-state index is 13.1. The van der Waals surface area contributed by atoms with Gasteiger partial charge in [0.15, 0.2) is 5.65 Å². The molecule has 0 saturated carbocycles. The second-order valence-corrected chi connectivity index (χ2v) is 8.59. The lowest BCUT2D eigenvalue weighted by atomic mass is 9.91. The van der Waals surface area contributed by atoms with Crippen LogP contribution >= 0.6 is 0 Å². The molecule has 0 aliphatic carbocycles. The zero-order valence-electron chi connectivity index (χ0n) is 17.4. The van der Waals surface area contributed by atoms with E-state index >= 15 is 0 Å². The number of aromatic nitrogens is 4. The minimum absolute atomic E-state index is 0.0662. The summed E-state index contributed by atoms with van der Waals surface area (Å²) in [5, 5.41) is 5.29. The number of hydrogen-bond donors (Lipinski definition) is 0. The van der Waals surface area contributed by atoms with E-state index in [9.17, 15) is 4.79 Å². The third-order valence-electron chi connectivity index (χ3n) is 6.21. The summed E-state index contributed by atoms with van der Waals surface area (Å²) in [5.41, 5.74) is 0.851. The van der Waals surface area contributed by atoms with Crippen molar-refractivity contribution in [3.63, 3.8) is 0 Å². The van der Waals surface area contributed by atoms with Gasteiger partial charge in [-0.1, -0.05) is 13.8 Å². The van der Waals surface area contributed by atoms with Crippen LogP contribution in [0.25, 0.3) is 11.0 Å². The molecule has 2 aromatic rings. The van der Waals surface area contributed by atoms with Crippen molar-refractivity contribution >= 4 is 22.8 Å². The van der Waals surface area contributed by atoms with Gasteiger partial charge in [0.05, 0.1) is 17.6 Å². The van der Waals surface area contributed by atoms with Gasteiger partial charge in [-0.25, -0.2) is 9.97 Å². The van der Waals surface area contributed by atoms with Crippen molar-refractivity contribution in [1.29, 1.82) is 0 Å². The van der Waals surface area contributed by atoms with Crippen LogP contribution in [0.2, 0.25) is 0 Å². The van der Waals surface area contributed by atoms with Gasteiger partial charge in [0.25, 0.3) is 0 Å². The Kier molecular flexibility index (Phi) is 5.23. The summed E-state index contributed by atoms with van der Waals surface area (Å²) in [6.45, 7) is 11.8. The van der Waals surface area contributed by atoms with Gasteiger partial charge in [0.1, 0.15) is 12.1 Å². The minimum atomic E-state index is -0.0662. The third kappa shape index (κ3) is 3.57. The normalized spacial score (nSPS) is 25.3. The Bertz CT molecular complexity index is 832. The molecule has 0 radical (unpaired) electrons. The number of rotatable bonds is 3. The second-order valence-electron chi connectivity index (χ2n) is 8.59. The molecule has 1 amide bonds. The van der Waals surface area contributed by atoms with E-state index in [0.29, 0.717) is 11.8 Å². The first-order chi connectivity index (χ1) is 13.4. The molecule has 2 fully saturated rings. The largest absolute Gasteiger partial charge is 0.353 e. The van der Waals surface area contributed by atoms with Crippen molar-refractivity contribution in [3.8, 4) is 0 Å². The Balaban J connectivity index is 1.40. The maximum Gasteiger partial charge on any atom is 0.239 e. The quantitative estimate of drug-likeness (QED) is 0.795. The molecule has 8 nitrogen and oxygen atoms in total. The van der Waals surface area contributed by atoms with Crippen molar-refractivity contribution < 1.29 is 4.79 Å². The first kappa shape index (κ1) is 19.1. The Labute approximate surface area is 166 Å². The van der Waals surface area contributed by atoms with Gasteiger partial charge in [-0.15, -0.1) is 0 Å². The molecule has 2 saturated heterocycles. The zero-order valence-corrected chi connectivity index (χ0v) is 17.4. The molecule has 28 heavy (non-hydrogen) atoms. The molecule has 4 heterocycles. The lowest BCUT2D eigenvalue weighted by Crippen LogP contribution is -2.56. The predicted octanol–water partition coefficient (Wildman–Crippen LogP) is 1.38. The van der Waals surface area contributed by atoms with Crippen molar-refractivity contribution in [1.82, 2.24) is 29.5 Å². The first-order valence-corrected chi connectivity index (χ1v) is 10.3. The highest BCUT2D eigenvalue weighted by Gasteiger charge is 2.32. The van der Waals surface area contributed by atoms with E-state index < -0.39 is 0 Å². The van der Waals surface area contributed by atoms with Gasteiger partial charge in [-0.3, -0.25) is 14.4 Å². The van der Waals surface area contributed by atoms with Crippen LogP contribution in [0.5, 0.6) is 0 Å². The van der Waals surface area contributed by atoms with Gasteiger partial charge in [-0.2, -0.15) is 5.10 Å². The molecular formula is C20H31N7O. The minimum Gasteiger partial charge on any atom is -0.353 e. The van der Waals surface area contributed by atoms with Gasteiger partial charge >= 0.3 is 0 Å². The van der Waals surface area contributed by atoms with Crippen LogP contribution in [0.4, 0.5) is 5.82 Å². The highest BCUT2D eigenvalue weighted by molar-refractivity contribution is 5.86. The Morgan fingerprint density at radius 3 is 2.46 bits per heavy atom. The van der Waals surface area contributed by atoms with E-state index in [1.54, 1.807) is 11.0 Å². The fourth-order valence-corrected chi connectivity index (χ4v) is 4.79. The molecule has 3 unspecified atom stereocenters. The van der Waals surface area contributed by atoms with Crippen LogP contribution in [0.3, 0.4) is 0 Å². The molecule has 0 bridgehead atoms. The lowest BCUT2D eigenvalue weighted by molar-refractivity contribution is -0.139. The third-order valence-corrected chi connectivity index (χ3v) is 6.21. The monoisotopic (exact) mass is 385 g/mol. The van der Waals surface area contributed by atoms with Crippen LogP contribution < -0.4 is 4.90 Å². The standard InChI is InChI=1S/C20H31N7O/c1-14-9-15(2)12-27(11-14)20(28)16(3)25-5-7-26(8-6-25)19-17-10-23-24(4)18(17)21-13-22-19/h10,13-16H,5-9,11-12H2,1-4H3. The fourth-order valence-electron chi connectivity index (χ4n) is 4.79. The number of piperidine rings is 1. The molecule has 0 aromatic carbocycles. The average Bonchev–Trinajstić information content (AvgIpc) is 3.07. The van der Waals surface area contributed by atoms with Gasteiger partial charge < -0.3 is 9.80 Å². The molecule has 152 valence electrons. The van der Waals surface area contributed by atoms with E-state index in [1.807, 2.05) is 13.2 Å². The summed E-state index contributed by atoms with van der Waals surface area (Å²) in [5.74, 6) is 2.41. The lowest BCUT2D eigenvalue weighted by Gasteiger charge is -2.41. The molecule has 4 rings (SSSR count). The molecular weight excluding hydrogens is 354 g/mol. The first-order valence-electron chi connectivity index (χ1n) is 10.3. The predicted molar refractivity (Wildman–Crippen MR) is 109 cm³/mol. The molecule has 8 heteroatoms. The summed E-state index contributed by atoms with van der Waals surface area (Å²) in [4.78, 5) is 28.6. The van der Waals surface area contributed by atoms with Crippen molar-refractivity contribution in [3.05, 3.63) is 12.5 Å². The zero-order chi connectivity index (χ0) is 19.8.